The highest BCUT2D eigenvalue weighted by Gasteiger charge is 2.30. The predicted octanol–water partition coefficient (Wildman–Crippen LogP) is 3.44. The molecule has 1 saturated heterocycles. The monoisotopic (exact) mass is 434 g/mol. The van der Waals surface area contributed by atoms with Gasteiger partial charge in [0, 0.05) is 40.5 Å². The molecule has 6 nitrogen and oxygen atoms in total. The van der Waals surface area contributed by atoms with Crippen molar-refractivity contribution in [2.24, 2.45) is 0 Å². The number of hydrogen-bond donors (Lipinski definition) is 2. The lowest BCUT2D eigenvalue weighted by molar-refractivity contribution is 0.0677. The molecule has 4 rings (SSSR count). The van der Waals surface area contributed by atoms with Crippen LogP contribution in [-0.4, -0.2) is 53.5 Å². The van der Waals surface area contributed by atoms with Crippen molar-refractivity contribution in [1.82, 2.24) is 10.2 Å². The Morgan fingerprint density at radius 3 is 2.59 bits per heavy atom. The number of ketones is 1. The molecule has 6 heteroatoms. The quantitative estimate of drug-likeness (QED) is 0.557. The van der Waals surface area contributed by atoms with Crippen LogP contribution in [0.4, 0.5) is 0 Å². The number of fused-ring (bicyclic) bond motifs is 1. The summed E-state index contributed by atoms with van der Waals surface area (Å²) in [7, 11) is 1.63. The number of likely N-dealkylation sites (tertiary alicyclic amines) is 1. The van der Waals surface area contributed by atoms with E-state index in [9.17, 15) is 14.7 Å². The molecular formula is C26H30N2O4. The molecule has 2 N–H and O–H groups in total. The minimum atomic E-state index is -0.178. The summed E-state index contributed by atoms with van der Waals surface area (Å²) in [5, 5.41) is 13.0. The fourth-order valence-corrected chi connectivity index (χ4v) is 4.60. The van der Waals surface area contributed by atoms with Crippen LogP contribution in [0.5, 0.6) is 5.75 Å². The summed E-state index contributed by atoms with van der Waals surface area (Å²) in [6.07, 6.45) is 4.19. The van der Waals surface area contributed by atoms with Crippen LogP contribution < -0.4 is 10.1 Å². The van der Waals surface area contributed by atoms with Gasteiger partial charge in [0.25, 0.3) is 5.91 Å². The summed E-state index contributed by atoms with van der Waals surface area (Å²) >= 11 is 0. The van der Waals surface area contributed by atoms with E-state index in [4.69, 9.17) is 4.74 Å². The number of nitrogens with one attached hydrogen (secondary N) is 1. The molecule has 2 aliphatic rings. The van der Waals surface area contributed by atoms with E-state index in [0.717, 1.165) is 36.3 Å². The predicted molar refractivity (Wildman–Crippen MR) is 124 cm³/mol. The second kappa shape index (κ2) is 8.79. The number of amides is 1. The fraction of sp³-hybridized carbons (Fsp3) is 0.385. The zero-order valence-electron chi connectivity index (χ0n) is 18.9. The summed E-state index contributed by atoms with van der Waals surface area (Å²) in [6.45, 7) is 4.85. The molecule has 2 aromatic carbocycles. The lowest BCUT2D eigenvalue weighted by Crippen LogP contribution is -2.43. The van der Waals surface area contributed by atoms with Crippen LogP contribution >= 0.6 is 0 Å². The van der Waals surface area contributed by atoms with E-state index in [0.29, 0.717) is 17.7 Å². The van der Waals surface area contributed by atoms with Gasteiger partial charge < -0.3 is 20.1 Å². The number of methoxy groups -OCH3 is 1. The van der Waals surface area contributed by atoms with Gasteiger partial charge in [0.15, 0.2) is 5.78 Å². The van der Waals surface area contributed by atoms with Crippen molar-refractivity contribution in [2.75, 3.05) is 20.3 Å². The number of benzene rings is 2. The van der Waals surface area contributed by atoms with Crippen LogP contribution in [0.15, 0.2) is 48.5 Å². The first-order valence-corrected chi connectivity index (χ1v) is 11.0. The first kappa shape index (κ1) is 22.1. The van der Waals surface area contributed by atoms with Crippen molar-refractivity contribution in [1.29, 1.82) is 0 Å². The summed E-state index contributed by atoms with van der Waals surface area (Å²) in [5.74, 6) is 0.512. The van der Waals surface area contributed by atoms with Crippen LogP contribution in [-0.2, 0) is 6.42 Å². The van der Waals surface area contributed by atoms with Crippen molar-refractivity contribution in [2.45, 2.75) is 44.7 Å². The van der Waals surface area contributed by atoms with E-state index in [-0.39, 0.29) is 29.9 Å². The van der Waals surface area contributed by atoms with Crippen molar-refractivity contribution >= 4 is 17.4 Å². The number of allylic oxidation sites excluding steroid dienone is 1. The van der Waals surface area contributed by atoms with Gasteiger partial charge in [-0.25, -0.2) is 0 Å². The third-order valence-corrected chi connectivity index (χ3v) is 6.25. The molecule has 2 aromatic rings. The summed E-state index contributed by atoms with van der Waals surface area (Å²) in [4.78, 5) is 27.5. The SMILES string of the molecule is COc1ccc2c(c1)/C(=C/C(=O)c1ccc(C(=O)N3CCC[C@@H]3CO)cc1)NC(C)(C)C2. The van der Waals surface area contributed by atoms with E-state index in [1.165, 1.54) is 5.56 Å². The summed E-state index contributed by atoms with van der Waals surface area (Å²) < 4.78 is 5.37. The molecule has 0 aromatic heterocycles. The molecule has 1 fully saturated rings. The third-order valence-electron chi connectivity index (χ3n) is 6.25. The molecule has 0 radical (unpaired) electrons. The fourth-order valence-electron chi connectivity index (χ4n) is 4.60. The van der Waals surface area contributed by atoms with Gasteiger partial charge >= 0.3 is 0 Å². The molecule has 0 saturated carbocycles. The van der Waals surface area contributed by atoms with E-state index in [2.05, 4.69) is 19.2 Å². The maximum atomic E-state index is 13.0. The molecule has 2 aliphatic heterocycles. The molecule has 1 amide bonds. The molecule has 0 spiro atoms. The molecule has 168 valence electrons. The summed E-state index contributed by atoms with van der Waals surface area (Å²) in [5.41, 5.74) is 3.77. The summed E-state index contributed by atoms with van der Waals surface area (Å²) in [6, 6.07) is 12.6. The van der Waals surface area contributed by atoms with E-state index >= 15 is 0 Å². The van der Waals surface area contributed by atoms with Crippen molar-refractivity contribution in [3.63, 3.8) is 0 Å². The Kier molecular flexibility index (Phi) is 6.07. The highest BCUT2D eigenvalue weighted by atomic mass is 16.5. The first-order chi connectivity index (χ1) is 15.3. The van der Waals surface area contributed by atoms with Gasteiger partial charge in [0.05, 0.1) is 19.8 Å². The number of rotatable bonds is 5. The van der Waals surface area contributed by atoms with Crippen LogP contribution in [0.2, 0.25) is 0 Å². The van der Waals surface area contributed by atoms with Crippen LogP contribution in [0.1, 0.15) is 58.5 Å². The Morgan fingerprint density at radius 2 is 1.91 bits per heavy atom. The number of ether oxygens (including phenoxy) is 1. The van der Waals surface area contributed by atoms with Crippen LogP contribution in [0.3, 0.4) is 0 Å². The largest absolute Gasteiger partial charge is 0.497 e. The van der Waals surface area contributed by atoms with Crippen molar-refractivity contribution in [3.05, 3.63) is 70.8 Å². The van der Waals surface area contributed by atoms with Crippen molar-refractivity contribution in [3.8, 4) is 5.75 Å². The first-order valence-electron chi connectivity index (χ1n) is 11.0. The van der Waals surface area contributed by atoms with Crippen LogP contribution in [0.25, 0.3) is 5.70 Å². The lowest BCUT2D eigenvalue weighted by atomic mass is 9.85. The molecule has 0 aliphatic carbocycles. The Hall–Kier alpha value is -3.12. The average Bonchev–Trinajstić information content (AvgIpc) is 3.26. The molecule has 32 heavy (non-hydrogen) atoms. The number of nitrogens with zero attached hydrogens (tertiary/aromatic N) is 1. The van der Waals surface area contributed by atoms with Gasteiger partial charge in [-0.3, -0.25) is 9.59 Å². The van der Waals surface area contributed by atoms with Gasteiger partial charge in [-0.15, -0.1) is 0 Å². The highest BCUT2D eigenvalue weighted by molar-refractivity contribution is 6.09. The number of carbonyl (C=O) groups is 2. The molecule has 2 heterocycles. The second-order valence-electron chi connectivity index (χ2n) is 9.19. The van der Waals surface area contributed by atoms with Gasteiger partial charge in [0.2, 0.25) is 0 Å². The highest BCUT2D eigenvalue weighted by Crippen LogP contribution is 2.32. The Morgan fingerprint density at radius 1 is 1.19 bits per heavy atom. The normalized spacial score (nSPS) is 20.6. The smallest absolute Gasteiger partial charge is 0.254 e. The average molecular weight is 435 g/mol. The minimum absolute atomic E-state index is 0.0223. The zero-order chi connectivity index (χ0) is 22.9. The van der Waals surface area contributed by atoms with Gasteiger partial charge in [-0.2, -0.15) is 0 Å². The number of carbonyl (C=O) groups excluding carboxylic acids is 2. The minimum Gasteiger partial charge on any atom is -0.497 e. The Bertz CT molecular complexity index is 1060. The zero-order valence-corrected chi connectivity index (χ0v) is 18.9. The van der Waals surface area contributed by atoms with Crippen molar-refractivity contribution < 1.29 is 19.4 Å². The number of aliphatic hydroxyl groups is 1. The molecule has 0 unspecified atom stereocenters. The topological polar surface area (TPSA) is 78.9 Å². The van der Waals surface area contributed by atoms with Gasteiger partial charge in [0.1, 0.15) is 5.75 Å². The number of hydrogen-bond acceptors (Lipinski definition) is 5. The molecule has 1 atom stereocenters. The van der Waals surface area contributed by atoms with Gasteiger partial charge in [-0.05, 0) is 62.9 Å². The standard InChI is InChI=1S/C26H30N2O4/c1-26(2)15-19-10-11-21(32-3)13-22(19)23(27-26)14-24(30)17-6-8-18(9-7-17)25(31)28-12-4-5-20(28)16-29/h6-11,13-14,20,27,29H,4-5,12,15-16H2,1-3H3/b23-14-/t20-/m1/s1. The Labute approximate surface area is 188 Å². The van der Waals surface area contributed by atoms with E-state index in [1.54, 1.807) is 42.4 Å². The second-order valence-corrected chi connectivity index (χ2v) is 9.19. The van der Waals surface area contributed by atoms with Crippen LogP contribution in [0, 0.1) is 0 Å². The molecule has 0 bridgehead atoms. The number of aliphatic hydroxyl groups excluding tert-OH is 1. The van der Waals surface area contributed by atoms with E-state index < -0.39 is 0 Å². The maximum absolute atomic E-state index is 13.0. The Balaban J connectivity index is 1.58. The van der Waals surface area contributed by atoms with Gasteiger partial charge in [-0.1, -0.05) is 18.2 Å². The lowest BCUT2D eigenvalue weighted by Gasteiger charge is -2.35. The van der Waals surface area contributed by atoms with E-state index in [1.807, 2.05) is 18.2 Å². The molecular weight excluding hydrogens is 404 g/mol. The maximum Gasteiger partial charge on any atom is 0.254 e. The third kappa shape index (κ3) is 4.41.